The van der Waals surface area contributed by atoms with E-state index in [2.05, 4.69) is 32.9 Å². The highest BCUT2D eigenvalue weighted by atomic mass is 16.3. The van der Waals surface area contributed by atoms with Crippen LogP contribution in [0.1, 0.15) is 50.8 Å². The molecule has 0 aromatic heterocycles. The Kier molecular flexibility index (Phi) is 4.51. The molecular weight excluding hydrogens is 200 g/mol. The van der Waals surface area contributed by atoms with E-state index >= 15 is 0 Å². The Morgan fingerprint density at radius 1 is 1.12 bits per heavy atom. The molecule has 0 aliphatic rings. The number of benzene rings is 1. The van der Waals surface area contributed by atoms with Gasteiger partial charge in [0.2, 0.25) is 0 Å². The Labute approximate surface area is 97.9 Å². The van der Waals surface area contributed by atoms with Gasteiger partial charge in [-0.1, -0.05) is 45.0 Å². The minimum atomic E-state index is -0.457. The zero-order chi connectivity index (χ0) is 12.2. The molecule has 2 nitrogen and oxygen atoms in total. The molecule has 16 heavy (non-hydrogen) atoms. The van der Waals surface area contributed by atoms with Gasteiger partial charge in [0, 0.05) is 6.61 Å². The van der Waals surface area contributed by atoms with E-state index in [0.29, 0.717) is 12.8 Å². The van der Waals surface area contributed by atoms with Crippen LogP contribution >= 0.6 is 0 Å². The van der Waals surface area contributed by atoms with Crippen molar-refractivity contribution in [1.82, 2.24) is 0 Å². The highest BCUT2D eigenvalue weighted by Gasteiger charge is 2.14. The summed E-state index contributed by atoms with van der Waals surface area (Å²) in [5, 5.41) is 18.5. The van der Waals surface area contributed by atoms with E-state index in [0.717, 1.165) is 5.56 Å². The summed E-state index contributed by atoms with van der Waals surface area (Å²) in [6.45, 7) is 6.65. The van der Waals surface area contributed by atoms with Crippen molar-refractivity contribution < 1.29 is 10.2 Å². The van der Waals surface area contributed by atoms with Gasteiger partial charge in [-0.15, -0.1) is 0 Å². The normalized spacial score (nSPS) is 13.8. The van der Waals surface area contributed by atoms with Crippen LogP contribution in [0, 0.1) is 0 Å². The van der Waals surface area contributed by atoms with Gasteiger partial charge in [-0.05, 0) is 29.4 Å². The lowest BCUT2D eigenvalue weighted by Gasteiger charge is -2.20. The predicted molar refractivity (Wildman–Crippen MR) is 66.4 cm³/mol. The van der Waals surface area contributed by atoms with Gasteiger partial charge >= 0.3 is 0 Å². The number of aliphatic hydroxyl groups excluding tert-OH is 2. The van der Waals surface area contributed by atoms with Crippen LogP contribution in [0.25, 0.3) is 0 Å². The largest absolute Gasteiger partial charge is 0.396 e. The van der Waals surface area contributed by atoms with E-state index in [9.17, 15) is 5.11 Å². The van der Waals surface area contributed by atoms with Gasteiger partial charge in [0.1, 0.15) is 0 Å². The first-order chi connectivity index (χ1) is 7.45. The second-order valence-electron chi connectivity index (χ2n) is 5.25. The van der Waals surface area contributed by atoms with Gasteiger partial charge < -0.3 is 10.2 Å². The van der Waals surface area contributed by atoms with Crippen LogP contribution in [-0.2, 0) is 5.41 Å². The van der Waals surface area contributed by atoms with E-state index in [1.54, 1.807) is 0 Å². The molecule has 0 heterocycles. The summed E-state index contributed by atoms with van der Waals surface area (Å²) in [6.07, 6.45) is 0.800. The Hall–Kier alpha value is -0.860. The molecule has 2 heteroatoms. The smallest absolute Gasteiger partial charge is 0.0790 e. The van der Waals surface area contributed by atoms with Crippen LogP contribution in [0.3, 0.4) is 0 Å². The predicted octanol–water partition coefficient (Wildman–Crippen LogP) is 2.79. The van der Waals surface area contributed by atoms with E-state index in [4.69, 9.17) is 5.11 Å². The Balaban J connectivity index is 2.71. The lowest BCUT2D eigenvalue weighted by Crippen LogP contribution is -2.11. The standard InChI is InChI=1S/C14H22O2/c1-14(2,3)12-8-6-11(7-9-12)13(16)5-4-10-15/h6-9,13,15-16H,4-5,10H2,1-3H3. The van der Waals surface area contributed by atoms with Gasteiger partial charge in [0.15, 0.2) is 0 Å². The molecule has 90 valence electrons. The van der Waals surface area contributed by atoms with Crippen LogP contribution in [0.15, 0.2) is 24.3 Å². The average Bonchev–Trinajstić information content (AvgIpc) is 2.25. The minimum absolute atomic E-state index is 0.136. The van der Waals surface area contributed by atoms with Crippen molar-refractivity contribution in [2.45, 2.75) is 45.1 Å². The van der Waals surface area contributed by atoms with E-state index < -0.39 is 6.10 Å². The molecule has 1 aromatic rings. The maximum Gasteiger partial charge on any atom is 0.0790 e. The fourth-order valence-electron chi connectivity index (χ4n) is 1.66. The Morgan fingerprint density at radius 3 is 2.12 bits per heavy atom. The summed E-state index contributed by atoms with van der Waals surface area (Å²) in [5.74, 6) is 0. The summed E-state index contributed by atoms with van der Waals surface area (Å²) in [7, 11) is 0. The van der Waals surface area contributed by atoms with E-state index in [1.165, 1.54) is 5.56 Å². The molecular formula is C14H22O2. The van der Waals surface area contributed by atoms with Crippen molar-refractivity contribution in [3.8, 4) is 0 Å². The lowest BCUT2D eigenvalue weighted by molar-refractivity contribution is 0.152. The molecule has 0 spiro atoms. The number of rotatable bonds is 4. The number of aliphatic hydroxyl groups is 2. The van der Waals surface area contributed by atoms with Crippen LogP contribution in [-0.4, -0.2) is 16.8 Å². The molecule has 0 saturated heterocycles. The van der Waals surface area contributed by atoms with Gasteiger partial charge in [-0.3, -0.25) is 0 Å². The molecule has 1 aromatic carbocycles. The van der Waals surface area contributed by atoms with Crippen molar-refractivity contribution in [3.63, 3.8) is 0 Å². The van der Waals surface area contributed by atoms with Gasteiger partial charge in [0.25, 0.3) is 0 Å². The zero-order valence-electron chi connectivity index (χ0n) is 10.4. The molecule has 0 aliphatic carbocycles. The third-order valence-electron chi connectivity index (χ3n) is 2.80. The maximum atomic E-state index is 9.83. The fourth-order valence-corrected chi connectivity index (χ4v) is 1.66. The average molecular weight is 222 g/mol. The molecule has 2 N–H and O–H groups in total. The van der Waals surface area contributed by atoms with Crippen LogP contribution in [0.4, 0.5) is 0 Å². The lowest BCUT2D eigenvalue weighted by atomic mass is 9.86. The second kappa shape index (κ2) is 5.46. The Bertz CT molecular complexity index is 309. The van der Waals surface area contributed by atoms with E-state index in [1.807, 2.05) is 12.1 Å². The SMILES string of the molecule is CC(C)(C)c1ccc(C(O)CCCO)cc1. The van der Waals surface area contributed by atoms with Crippen molar-refractivity contribution in [2.24, 2.45) is 0 Å². The third-order valence-corrected chi connectivity index (χ3v) is 2.80. The fraction of sp³-hybridized carbons (Fsp3) is 0.571. The van der Waals surface area contributed by atoms with Crippen LogP contribution in [0.5, 0.6) is 0 Å². The Morgan fingerprint density at radius 2 is 1.69 bits per heavy atom. The second-order valence-corrected chi connectivity index (χ2v) is 5.25. The maximum absolute atomic E-state index is 9.83. The van der Waals surface area contributed by atoms with Gasteiger partial charge in [0.05, 0.1) is 6.10 Å². The zero-order valence-corrected chi connectivity index (χ0v) is 10.4. The summed E-state index contributed by atoms with van der Waals surface area (Å²) in [6, 6.07) is 8.08. The van der Waals surface area contributed by atoms with Crippen molar-refractivity contribution >= 4 is 0 Å². The van der Waals surface area contributed by atoms with Gasteiger partial charge in [-0.2, -0.15) is 0 Å². The first-order valence-electron chi connectivity index (χ1n) is 5.84. The number of hydrogen-bond donors (Lipinski definition) is 2. The molecule has 0 saturated carbocycles. The molecule has 0 fully saturated rings. The quantitative estimate of drug-likeness (QED) is 0.822. The molecule has 1 rings (SSSR count). The first kappa shape index (κ1) is 13.2. The van der Waals surface area contributed by atoms with Crippen LogP contribution in [0.2, 0.25) is 0 Å². The third kappa shape index (κ3) is 3.62. The summed E-state index contributed by atoms with van der Waals surface area (Å²) >= 11 is 0. The molecule has 1 atom stereocenters. The molecule has 0 radical (unpaired) electrons. The highest BCUT2D eigenvalue weighted by molar-refractivity contribution is 5.28. The van der Waals surface area contributed by atoms with Crippen molar-refractivity contribution in [1.29, 1.82) is 0 Å². The summed E-state index contributed by atoms with van der Waals surface area (Å²) < 4.78 is 0. The first-order valence-corrected chi connectivity index (χ1v) is 5.84. The monoisotopic (exact) mass is 222 g/mol. The van der Waals surface area contributed by atoms with Gasteiger partial charge in [-0.25, -0.2) is 0 Å². The van der Waals surface area contributed by atoms with E-state index in [-0.39, 0.29) is 12.0 Å². The topological polar surface area (TPSA) is 40.5 Å². The van der Waals surface area contributed by atoms with Crippen molar-refractivity contribution in [3.05, 3.63) is 35.4 Å². The van der Waals surface area contributed by atoms with Crippen molar-refractivity contribution in [2.75, 3.05) is 6.61 Å². The molecule has 0 amide bonds. The molecule has 0 bridgehead atoms. The minimum Gasteiger partial charge on any atom is -0.396 e. The highest BCUT2D eigenvalue weighted by Crippen LogP contribution is 2.25. The summed E-state index contributed by atoms with van der Waals surface area (Å²) in [5.41, 5.74) is 2.35. The summed E-state index contributed by atoms with van der Waals surface area (Å²) in [4.78, 5) is 0. The van der Waals surface area contributed by atoms with Crippen LogP contribution < -0.4 is 0 Å². The molecule has 0 aliphatic heterocycles. The number of hydrogen-bond acceptors (Lipinski definition) is 2. The molecule has 1 unspecified atom stereocenters.